The van der Waals surface area contributed by atoms with Gasteiger partial charge in [0.1, 0.15) is 0 Å². The molecule has 0 bridgehead atoms. The van der Waals surface area contributed by atoms with E-state index in [-0.39, 0.29) is 0 Å². The number of piperazine rings is 1. The first kappa shape index (κ1) is 16.2. The van der Waals surface area contributed by atoms with Crippen LogP contribution in [0.4, 0.5) is 0 Å². The molecular formula is C14H31N5. The molecule has 112 valence electrons. The number of likely N-dealkylation sites (N-methyl/N-ethyl adjacent to an activating group) is 1. The van der Waals surface area contributed by atoms with Gasteiger partial charge in [0.2, 0.25) is 0 Å². The molecule has 1 aliphatic heterocycles. The molecule has 0 aromatic rings. The van der Waals surface area contributed by atoms with E-state index in [1.54, 1.807) is 0 Å². The number of nitrogens with one attached hydrogen (secondary N) is 2. The van der Waals surface area contributed by atoms with Crippen LogP contribution in [-0.4, -0.2) is 74.2 Å². The summed E-state index contributed by atoms with van der Waals surface area (Å²) in [4.78, 5) is 9.60. The number of aliphatic imine (C=N–C) groups is 1. The third-order valence-corrected chi connectivity index (χ3v) is 3.44. The Morgan fingerprint density at radius 3 is 2.32 bits per heavy atom. The monoisotopic (exact) mass is 269 g/mol. The number of rotatable bonds is 5. The maximum Gasteiger partial charge on any atom is 0.191 e. The molecule has 1 rings (SSSR count). The fraction of sp³-hybridized carbons (Fsp3) is 0.929. The van der Waals surface area contributed by atoms with Crippen LogP contribution in [-0.2, 0) is 0 Å². The van der Waals surface area contributed by atoms with Gasteiger partial charge in [0, 0.05) is 44.8 Å². The standard InChI is InChI=1S/C14H31N5/c1-6-15-14(17-12(2)3)16-11-13(4)19-9-7-18(5)8-10-19/h12-13H,6-11H2,1-5H3,(H2,15,16,17). The summed E-state index contributed by atoms with van der Waals surface area (Å²) in [5.74, 6) is 0.929. The summed E-state index contributed by atoms with van der Waals surface area (Å²) in [5, 5.41) is 6.65. The van der Waals surface area contributed by atoms with E-state index in [0.29, 0.717) is 12.1 Å². The smallest absolute Gasteiger partial charge is 0.191 e. The molecule has 5 nitrogen and oxygen atoms in total. The van der Waals surface area contributed by atoms with Crippen molar-refractivity contribution in [1.29, 1.82) is 0 Å². The van der Waals surface area contributed by atoms with E-state index in [4.69, 9.17) is 0 Å². The zero-order valence-corrected chi connectivity index (χ0v) is 13.2. The summed E-state index contributed by atoms with van der Waals surface area (Å²) in [6.45, 7) is 15.0. The van der Waals surface area contributed by atoms with Crippen LogP contribution >= 0.6 is 0 Å². The maximum absolute atomic E-state index is 4.69. The summed E-state index contributed by atoms with van der Waals surface area (Å²) in [5.41, 5.74) is 0. The lowest BCUT2D eigenvalue weighted by atomic mass is 10.2. The predicted octanol–water partition coefficient (Wildman–Crippen LogP) is 0.586. The van der Waals surface area contributed by atoms with E-state index < -0.39 is 0 Å². The van der Waals surface area contributed by atoms with Crippen LogP contribution in [0.25, 0.3) is 0 Å². The van der Waals surface area contributed by atoms with Gasteiger partial charge in [-0.15, -0.1) is 0 Å². The summed E-state index contributed by atoms with van der Waals surface area (Å²) >= 11 is 0. The molecule has 19 heavy (non-hydrogen) atoms. The van der Waals surface area contributed by atoms with Crippen molar-refractivity contribution in [1.82, 2.24) is 20.4 Å². The molecule has 0 radical (unpaired) electrons. The molecule has 1 fully saturated rings. The summed E-state index contributed by atoms with van der Waals surface area (Å²) in [6, 6.07) is 0.924. The average molecular weight is 269 g/mol. The normalized spacial score (nSPS) is 20.6. The molecule has 0 aliphatic carbocycles. The van der Waals surface area contributed by atoms with E-state index in [9.17, 15) is 0 Å². The highest BCUT2D eigenvalue weighted by Gasteiger charge is 2.18. The molecule has 0 aromatic heterocycles. The minimum absolute atomic E-state index is 0.414. The van der Waals surface area contributed by atoms with Gasteiger partial charge < -0.3 is 15.5 Å². The molecule has 0 spiro atoms. The van der Waals surface area contributed by atoms with Gasteiger partial charge >= 0.3 is 0 Å². The van der Waals surface area contributed by atoms with Gasteiger partial charge in [-0.2, -0.15) is 0 Å². The van der Waals surface area contributed by atoms with Crippen molar-refractivity contribution in [3.05, 3.63) is 0 Å². The van der Waals surface area contributed by atoms with Crippen LogP contribution in [0.5, 0.6) is 0 Å². The Labute approximate surface area is 118 Å². The van der Waals surface area contributed by atoms with Crippen molar-refractivity contribution >= 4 is 5.96 Å². The lowest BCUT2D eigenvalue weighted by Gasteiger charge is -2.35. The Hall–Kier alpha value is -0.810. The van der Waals surface area contributed by atoms with E-state index >= 15 is 0 Å². The number of hydrogen-bond donors (Lipinski definition) is 2. The van der Waals surface area contributed by atoms with Gasteiger partial charge in [-0.3, -0.25) is 9.89 Å². The van der Waals surface area contributed by atoms with Gasteiger partial charge in [-0.05, 0) is 34.7 Å². The number of nitrogens with zero attached hydrogens (tertiary/aromatic N) is 3. The Morgan fingerprint density at radius 1 is 1.16 bits per heavy atom. The van der Waals surface area contributed by atoms with Crippen molar-refractivity contribution < 1.29 is 0 Å². The molecule has 2 N–H and O–H groups in total. The number of guanidine groups is 1. The second-order valence-electron chi connectivity index (χ2n) is 5.71. The van der Waals surface area contributed by atoms with Crippen molar-refractivity contribution in [3.63, 3.8) is 0 Å². The Kier molecular flexibility index (Phi) is 7.16. The van der Waals surface area contributed by atoms with Crippen molar-refractivity contribution in [3.8, 4) is 0 Å². The first-order valence-corrected chi connectivity index (χ1v) is 7.50. The van der Waals surface area contributed by atoms with Crippen LogP contribution < -0.4 is 10.6 Å². The van der Waals surface area contributed by atoms with Crippen LogP contribution in [0, 0.1) is 0 Å². The highest BCUT2D eigenvalue weighted by atomic mass is 15.3. The number of hydrogen-bond acceptors (Lipinski definition) is 3. The second kappa shape index (κ2) is 8.38. The molecule has 1 unspecified atom stereocenters. The fourth-order valence-corrected chi connectivity index (χ4v) is 2.20. The zero-order chi connectivity index (χ0) is 14.3. The minimum Gasteiger partial charge on any atom is -0.357 e. The lowest BCUT2D eigenvalue weighted by Crippen LogP contribution is -2.49. The van der Waals surface area contributed by atoms with Crippen molar-refractivity contribution in [2.45, 2.75) is 39.8 Å². The van der Waals surface area contributed by atoms with E-state index in [2.05, 4.69) is 60.2 Å². The molecule has 0 amide bonds. The van der Waals surface area contributed by atoms with Gasteiger partial charge in [0.15, 0.2) is 5.96 Å². The molecule has 1 saturated heterocycles. The first-order chi connectivity index (χ1) is 9.02. The second-order valence-corrected chi connectivity index (χ2v) is 5.71. The van der Waals surface area contributed by atoms with Gasteiger partial charge in [0.25, 0.3) is 0 Å². The van der Waals surface area contributed by atoms with Crippen molar-refractivity contribution in [2.24, 2.45) is 4.99 Å². The Morgan fingerprint density at radius 2 is 1.79 bits per heavy atom. The molecule has 1 aliphatic rings. The van der Waals surface area contributed by atoms with Crippen LogP contribution in [0.1, 0.15) is 27.7 Å². The third-order valence-electron chi connectivity index (χ3n) is 3.44. The largest absolute Gasteiger partial charge is 0.357 e. The summed E-state index contributed by atoms with van der Waals surface area (Å²) in [7, 11) is 2.19. The molecule has 1 heterocycles. The fourth-order valence-electron chi connectivity index (χ4n) is 2.20. The molecule has 5 heteroatoms. The first-order valence-electron chi connectivity index (χ1n) is 7.50. The zero-order valence-electron chi connectivity index (χ0n) is 13.2. The average Bonchev–Trinajstić information content (AvgIpc) is 2.36. The predicted molar refractivity (Wildman–Crippen MR) is 82.8 cm³/mol. The quantitative estimate of drug-likeness (QED) is 0.566. The van der Waals surface area contributed by atoms with Crippen LogP contribution in [0.3, 0.4) is 0 Å². The van der Waals surface area contributed by atoms with Crippen LogP contribution in [0.2, 0.25) is 0 Å². The Bertz CT molecular complexity index is 269. The van der Waals surface area contributed by atoms with Crippen molar-refractivity contribution in [2.75, 3.05) is 46.3 Å². The lowest BCUT2D eigenvalue weighted by molar-refractivity contribution is 0.122. The third kappa shape index (κ3) is 6.25. The van der Waals surface area contributed by atoms with Gasteiger partial charge in [-0.25, -0.2) is 0 Å². The summed E-state index contributed by atoms with van der Waals surface area (Å²) in [6.07, 6.45) is 0. The van der Waals surface area contributed by atoms with E-state index in [1.165, 1.54) is 13.1 Å². The Balaban J connectivity index is 2.42. The molecular weight excluding hydrogens is 238 g/mol. The highest BCUT2D eigenvalue weighted by molar-refractivity contribution is 5.79. The van der Waals surface area contributed by atoms with Gasteiger partial charge in [0.05, 0.1) is 6.54 Å². The van der Waals surface area contributed by atoms with Gasteiger partial charge in [-0.1, -0.05) is 0 Å². The topological polar surface area (TPSA) is 42.9 Å². The minimum atomic E-state index is 0.414. The summed E-state index contributed by atoms with van der Waals surface area (Å²) < 4.78 is 0. The SMILES string of the molecule is CCNC(=NCC(C)N1CCN(C)CC1)NC(C)C. The van der Waals surface area contributed by atoms with Crippen LogP contribution in [0.15, 0.2) is 4.99 Å². The molecule has 0 aromatic carbocycles. The molecule has 0 saturated carbocycles. The highest BCUT2D eigenvalue weighted by Crippen LogP contribution is 2.05. The maximum atomic E-state index is 4.69. The molecule has 1 atom stereocenters. The van der Waals surface area contributed by atoms with E-state index in [0.717, 1.165) is 32.1 Å². The van der Waals surface area contributed by atoms with E-state index in [1.807, 2.05) is 0 Å².